The minimum absolute atomic E-state index is 0.101. The molecule has 1 saturated heterocycles. The fourth-order valence-corrected chi connectivity index (χ4v) is 2.24. The minimum atomic E-state index is -0.225. The van der Waals surface area contributed by atoms with Gasteiger partial charge in [0.1, 0.15) is 11.6 Å². The molecule has 0 amide bonds. The molecule has 17 heavy (non-hydrogen) atoms. The van der Waals surface area contributed by atoms with Crippen molar-refractivity contribution in [3.63, 3.8) is 0 Å². The Bertz CT molecular complexity index is 391. The van der Waals surface area contributed by atoms with E-state index in [1.165, 1.54) is 6.07 Å². The summed E-state index contributed by atoms with van der Waals surface area (Å²) in [5, 5.41) is 3.12. The van der Waals surface area contributed by atoms with Crippen LogP contribution in [0.4, 0.5) is 4.39 Å². The molecule has 1 N–H and O–H groups in total. The molecule has 3 nitrogen and oxygen atoms in total. The number of rotatable bonds is 5. The first-order valence-electron chi connectivity index (χ1n) is 5.78. The van der Waals surface area contributed by atoms with Crippen molar-refractivity contribution in [2.45, 2.75) is 11.8 Å². The Kier molecular flexibility index (Phi) is 3.64. The average molecular weight is 239 g/mol. The lowest BCUT2D eigenvalue weighted by Crippen LogP contribution is -2.48. The molecular weight excluding hydrogens is 221 g/mol. The van der Waals surface area contributed by atoms with Crippen molar-refractivity contribution >= 4 is 0 Å². The van der Waals surface area contributed by atoms with E-state index in [-0.39, 0.29) is 11.2 Å². The van der Waals surface area contributed by atoms with Crippen molar-refractivity contribution in [1.82, 2.24) is 5.32 Å². The molecule has 1 aliphatic rings. The highest BCUT2D eigenvalue weighted by atomic mass is 19.1. The SMILES string of the molecule is CNCCC1(c2cc(F)ccc2OC)COC1. The van der Waals surface area contributed by atoms with Crippen LogP contribution in [-0.4, -0.2) is 33.9 Å². The second-order valence-corrected chi connectivity index (χ2v) is 4.47. The summed E-state index contributed by atoms with van der Waals surface area (Å²) >= 11 is 0. The predicted octanol–water partition coefficient (Wildman–Crippen LogP) is 1.71. The van der Waals surface area contributed by atoms with Crippen LogP contribution >= 0.6 is 0 Å². The molecule has 1 aromatic carbocycles. The first-order chi connectivity index (χ1) is 8.22. The number of methoxy groups -OCH3 is 1. The van der Waals surface area contributed by atoms with Gasteiger partial charge in [0.05, 0.1) is 20.3 Å². The van der Waals surface area contributed by atoms with Gasteiger partial charge >= 0.3 is 0 Å². The van der Waals surface area contributed by atoms with Crippen LogP contribution in [0, 0.1) is 5.82 Å². The predicted molar refractivity (Wildman–Crippen MR) is 64.0 cm³/mol. The van der Waals surface area contributed by atoms with E-state index in [9.17, 15) is 4.39 Å². The summed E-state index contributed by atoms with van der Waals surface area (Å²) in [5.41, 5.74) is 0.817. The molecule has 1 aromatic rings. The van der Waals surface area contributed by atoms with E-state index in [0.717, 1.165) is 24.3 Å². The van der Waals surface area contributed by atoms with Gasteiger partial charge in [0.25, 0.3) is 0 Å². The Labute approximate surface area is 101 Å². The summed E-state index contributed by atoms with van der Waals surface area (Å²) in [6.45, 7) is 2.14. The number of nitrogens with one attached hydrogen (secondary N) is 1. The van der Waals surface area contributed by atoms with Crippen molar-refractivity contribution in [2.24, 2.45) is 0 Å². The third-order valence-electron chi connectivity index (χ3n) is 3.34. The van der Waals surface area contributed by atoms with Crippen LogP contribution in [0.5, 0.6) is 5.75 Å². The van der Waals surface area contributed by atoms with Crippen LogP contribution in [0.25, 0.3) is 0 Å². The Morgan fingerprint density at radius 2 is 2.24 bits per heavy atom. The number of ether oxygens (including phenoxy) is 2. The minimum Gasteiger partial charge on any atom is -0.496 e. The van der Waals surface area contributed by atoms with E-state index < -0.39 is 0 Å². The summed E-state index contributed by atoms with van der Waals surface area (Å²) in [6.07, 6.45) is 0.920. The zero-order chi connectivity index (χ0) is 12.3. The Balaban J connectivity index is 2.32. The van der Waals surface area contributed by atoms with Crippen molar-refractivity contribution in [3.05, 3.63) is 29.6 Å². The van der Waals surface area contributed by atoms with E-state index in [1.807, 2.05) is 7.05 Å². The topological polar surface area (TPSA) is 30.5 Å². The highest BCUT2D eigenvalue weighted by Crippen LogP contribution is 2.40. The van der Waals surface area contributed by atoms with E-state index in [4.69, 9.17) is 9.47 Å². The molecule has 0 aromatic heterocycles. The Morgan fingerprint density at radius 3 is 2.76 bits per heavy atom. The zero-order valence-corrected chi connectivity index (χ0v) is 10.3. The van der Waals surface area contributed by atoms with Crippen molar-refractivity contribution < 1.29 is 13.9 Å². The van der Waals surface area contributed by atoms with Gasteiger partial charge in [-0.2, -0.15) is 0 Å². The average Bonchev–Trinajstić information content (AvgIpc) is 2.28. The maximum Gasteiger partial charge on any atom is 0.123 e. The summed E-state index contributed by atoms with van der Waals surface area (Å²) in [6, 6.07) is 4.68. The second kappa shape index (κ2) is 5.02. The summed E-state index contributed by atoms with van der Waals surface area (Å²) in [5.74, 6) is 0.516. The van der Waals surface area contributed by atoms with Crippen molar-refractivity contribution in [1.29, 1.82) is 0 Å². The third-order valence-corrected chi connectivity index (χ3v) is 3.34. The van der Waals surface area contributed by atoms with Crippen LogP contribution in [0.3, 0.4) is 0 Å². The molecule has 0 spiro atoms. The smallest absolute Gasteiger partial charge is 0.123 e. The van der Waals surface area contributed by atoms with Crippen LogP contribution in [0.2, 0.25) is 0 Å². The Morgan fingerprint density at radius 1 is 1.47 bits per heavy atom. The van der Waals surface area contributed by atoms with E-state index in [1.54, 1.807) is 19.2 Å². The zero-order valence-electron chi connectivity index (χ0n) is 10.3. The largest absolute Gasteiger partial charge is 0.496 e. The van der Waals surface area contributed by atoms with Gasteiger partial charge < -0.3 is 14.8 Å². The van der Waals surface area contributed by atoms with Crippen LogP contribution in [0.1, 0.15) is 12.0 Å². The summed E-state index contributed by atoms with van der Waals surface area (Å²) < 4.78 is 24.0. The fourth-order valence-electron chi connectivity index (χ4n) is 2.24. The van der Waals surface area contributed by atoms with Crippen LogP contribution in [0.15, 0.2) is 18.2 Å². The molecule has 2 rings (SSSR count). The molecule has 1 heterocycles. The molecular formula is C13H18FNO2. The maximum atomic E-state index is 13.4. The van der Waals surface area contributed by atoms with Gasteiger partial charge in [0.2, 0.25) is 0 Å². The molecule has 1 aliphatic heterocycles. The monoisotopic (exact) mass is 239 g/mol. The van der Waals surface area contributed by atoms with Gasteiger partial charge in [-0.3, -0.25) is 0 Å². The fraction of sp³-hybridized carbons (Fsp3) is 0.538. The standard InChI is InChI=1S/C13H18FNO2/c1-15-6-5-13(8-17-9-13)11-7-10(14)3-4-12(11)16-2/h3-4,7,15H,5-6,8-9H2,1-2H3. The first kappa shape index (κ1) is 12.3. The summed E-state index contributed by atoms with van der Waals surface area (Å²) in [7, 11) is 3.53. The number of halogens is 1. The van der Waals surface area contributed by atoms with Crippen LogP contribution in [-0.2, 0) is 10.2 Å². The highest BCUT2D eigenvalue weighted by Gasteiger charge is 2.42. The summed E-state index contributed by atoms with van der Waals surface area (Å²) in [4.78, 5) is 0. The van der Waals surface area contributed by atoms with Crippen LogP contribution < -0.4 is 10.1 Å². The van der Waals surface area contributed by atoms with Gasteiger partial charge in [-0.15, -0.1) is 0 Å². The van der Waals surface area contributed by atoms with E-state index in [2.05, 4.69) is 5.32 Å². The van der Waals surface area contributed by atoms with E-state index in [0.29, 0.717) is 13.2 Å². The molecule has 0 saturated carbocycles. The molecule has 4 heteroatoms. The van der Waals surface area contributed by atoms with Gasteiger partial charge in [-0.25, -0.2) is 4.39 Å². The second-order valence-electron chi connectivity index (χ2n) is 4.47. The van der Waals surface area contributed by atoms with Gasteiger partial charge in [-0.1, -0.05) is 0 Å². The number of benzene rings is 1. The maximum absolute atomic E-state index is 13.4. The molecule has 94 valence electrons. The lowest BCUT2D eigenvalue weighted by atomic mass is 9.75. The third kappa shape index (κ3) is 2.28. The highest BCUT2D eigenvalue weighted by molar-refractivity contribution is 5.41. The Hall–Kier alpha value is -1.13. The lowest BCUT2D eigenvalue weighted by molar-refractivity contribution is -0.0648. The van der Waals surface area contributed by atoms with Gasteiger partial charge in [0, 0.05) is 11.0 Å². The molecule has 0 bridgehead atoms. The molecule has 1 fully saturated rings. The lowest BCUT2D eigenvalue weighted by Gasteiger charge is -2.42. The quantitative estimate of drug-likeness (QED) is 0.848. The van der Waals surface area contributed by atoms with E-state index >= 15 is 0 Å². The molecule has 0 radical (unpaired) electrons. The molecule has 0 atom stereocenters. The van der Waals surface area contributed by atoms with Crippen molar-refractivity contribution in [3.8, 4) is 5.75 Å². The number of hydrogen-bond acceptors (Lipinski definition) is 3. The first-order valence-corrected chi connectivity index (χ1v) is 5.78. The normalized spacial score (nSPS) is 17.6. The van der Waals surface area contributed by atoms with Gasteiger partial charge in [0.15, 0.2) is 0 Å². The molecule has 0 aliphatic carbocycles. The molecule has 0 unspecified atom stereocenters. The number of hydrogen-bond donors (Lipinski definition) is 1. The van der Waals surface area contributed by atoms with Crippen molar-refractivity contribution in [2.75, 3.05) is 33.9 Å². The van der Waals surface area contributed by atoms with Gasteiger partial charge in [-0.05, 0) is 38.2 Å².